The Labute approximate surface area is 231 Å². The topological polar surface area (TPSA) is 109 Å². The number of hydrogen-bond donors (Lipinski definition) is 4. The van der Waals surface area contributed by atoms with Crippen molar-refractivity contribution in [3.05, 3.63) is 144 Å². The van der Waals surface area contributed by atoms with E-state index in [9.17, 15) is 19.6 Å². The van der Waals surface area contributed by atoms with Gasteiger partial charge in [-0.2, -0.15) is 0 Å². The molecular formula is C30H32O7P2. The van der Waals surface area contributed by atoms with Crippen LogP contribution < -0.4 is 0 Å². The van der Waals surface area contributed by atoms with Gasteiger partial charge >= 0.3 is 17.2 Å². The smallest absolute Gasteiger partial charge is 0.328 e. The van der Waals surface area contributed by atoms with Crippen LogP contribution in [0.5, 0.6) is 0 Å². The van der Waals surface area contributed by atoms with Crippen molar-refractivity contribution in [3.63, 3.8) is 0 Å². The third-order valence-electron chi connectivity index (χ3n) is 6.52. The summed E-state index contributed by atoms with van der Waals surface area (Å²) in [5.74, 6) is 0. The van der Waals surface area contributed by atoms with Gasteiger partial charge in [0, 0.05) is 6.42 Å². The van der Waals surface area contributed by atoms with E-state index in [4.69, 9.17) is 13.8 Å². The Morgan fingerprint density at radius 1 is 0.615 bits per heavy atom. The molecule has 39 heavy (non-hydrogen) atoms. The Morgan fingerprint density at radius 3 is 1.49 bits per heavy atom. The van der Waals surface area contributed by atoms with E-state index >= 15 is 0 Å². The molecule has 0 bridgehead atoms. The molecule has 0 aromatic heterocycles. The van der Waals surface area contributed by atoms with Gasteiger partial charge in [0.15, 0.2) is 5.60 Å². The maximum Gasteiger partial charge on any atom is 0.328 e. The molecule has 0 aliphatic rings. The highest BCUT2D eigenvalue weighted by atomic mass is 31.2. The minimum Gasteiger partial charge on any atom is -0.363 e. The Kier molecular flexibility index (Phi) is 10.3. The Balaban J connectivity index is 2.08. The van der Waals surface area contributed by atoms with E-state index in [1.54, 1.807) is 6.92 Å². The Bertz CT molecular complexity index is 1220. The number of hydrogen-bond acceptors (Lipinski definition) is 7. The summed E-state index contributed by atoms with van der Waals surface area (Å²) in [6.07, 6.45) is -0.427. The van der Waals surface area contributed by atoms with Crippen molar-refractivity contribution >= 4 is 17.2 Å². The normalized spacial score (nSPS) is 14.3. The fourth-order valence-corrected chi connectivity index (χ4v) is 5.97. The molecule has 7 nitrogen and oxygen atoms in total. The van der Waals surface area contributed by atoms with Gasteiger partial charge in [-0.25, -0.2) is 0 Å². The lowest BCUT2D eigenvalue weighted by Crippen LogP contribution is -2.55. The standard InChI is InChI=1S/C30H32O7P2/c1-24(36-38(31)32)23-35-29(26-16-8-3-9-17-26,22-25-14-6-2-7-15-25)30(37-39(33)34,27-18-10-4-11-19-27)28-20-12-5-13-21-28/h2-21,24,31-34H,22-23H2,1H3. The summed E-state index contributed by atoms with van der Waals surface area (Å²) >= 11 is 0. The van der Waals surface area contributed by atoms with Gasteiger partial charge in [-0.15, -0.1) is 0 Å². The molecule has 4 aromatic carbocycles. The van der Waals surface area contributed by atoms with E-state index in [2.05, 4.69) is 0 Å². The van der Waals surface area contributed by atoms with Gasteiger partial charge in [-0.3, -0.25) is 4.52 Å². The summed E-state index contributed by atoms with van der Waals surface area (Å²) in [7, 11) is -5.50. The number of ether oxygens (including phenoxy) is 1. The summed E-state index contributed by atoms with van der Waals surface area (Å²) in [4.78, 5) is 40.1. The predicted octanol–water partition coefficient (Wildman–Crippen LogP) is 5.93. The van der Waals surface area contributed by atoms with E-state index in [0.717, 1.165) is 11.1 Å². The van der Waals surface area contributed by atoms with E-state index in [1.165, 1.54) is 0 Å². The van der Waals surface area contributed by atoms with Crippen molar-refractivity contribution < 1.29 is 33.4 Å². The average Bonchev–Trinajstić information content (AvgIpc) is 2.95. The monoisotopic (exact) mass is 566 g/mol. The van der Waals surface area contributed by atoms with Gasteiger partial charge in [0.25, 0.3) is 0 Å². The molecular weight excluding hydrogens is 534 g/mol. The first-order valence-corrected chi connectivity index (χ1v) is 14.8. The summed E-state index contributed by atoms with van der Waals surface area (Å²) in [5, 5.41) is 0. The molecule has 0 saturated heterocycles. The van der Waals surface area contributed by atoms with Crippen LogP contribution in [0.2, 0.25) is 0 Å². The zero-order chi connectivity index (χ0) is 27.7. The maximum absolute atomic E-state index is 10.5. The van der Waals surface area contributed by atoms with Crippen molar-refractivity contribution in [3.8, 4) is 0 Å². The number of benzene rings is 4. The average molecular weight is 567 g/mol. The van der Waals surface area contributed by atoms with Gasteiger partial charge in [-0.05, 0) is 29.2 Å². The van der Waals surface area contributed by atoms with E-state index < -0.39 is 34.5 Å². The Hall–Kier alpha value is -2.54. The van der Waals surface area contributed by atoms with Crippen LogP contribution in [0.3, 0.4) is 0 Å². The molecule has 0 fully saturated rings. The molecule has 4 aromatic rings. The van der Waals surface area contributed by atoms with Crippen LogP contribution in [-0.2, 0) is 31.4 Å². The first-order chi connectivity index (χ1) is 18.9. The second kappa shape index (κ2) is 13.7. The fourth-order valence-electron chi connectivity index (χ4n) is 4.99. The molecule has 2 unspecified atom stereocenters. The van der Waals surface area contributed by atoms with Gasteiger partial charge in [0.2, 0.25) is 0 Å². The van der Waals surface area contributed by atoms with Crippen LogP contribution in [0.15, 0.2) is 121 Å². The highest BCUT2D eigenvalue weighted by Gasteiger charge is 2.58. The van der Waals surface area contributed by atoms with Crippen LogP contribution in [0.25, 0.3) is 0 Å². The van der Waals surface area contributed by atoms with Crippen molar-refractivity contribution in [2.24, 2.45) is 0 Å². The van der Waals surface area contributed by atoms with Gasteiger partial charge in [0.05, 0.1) is 12.7 Å². The lowest BCUT2D eigenvalue weighted by molar-refractivity contribution is -0.178. The third kappa shape index (κ3) is 6.79. The van der Waals surface area contributed by atoms with Gasteiger partial charge in [0.1, 0.15) is 5.60 Å². The third-order valence-corrected chi connectivity index (χ3v) is 7.51. The Morgan fingerprint density at radius 2 is 1.05 bits per heavy atom. The van der Waals surface area contributed by atoms with Crippen LogP contribution in [-0.4, -0.2) is 32.3 Å². The highest BCUT2D eigenvalue weighted by Crippen LogP contribution is 2.57. The van der Waals surface area contributed by atoms with Crippen LogP contribution in [0.4, 0.5) is 0 Å². The van der Waals surface area contributed by atoms with Crippen molar-refractivity contribution in [1.82, 2.24) is 0 Å². The molecule has 0 aliphatic heterocycles. The molecule has 0 amide bonds. The molecule has 0 heterocycles. The zero-order valence-electron chi connectivity index (χ0n) is 21.4. The van der Waals surface area contributed by atoms with Crippen LogP contribution in [0.1, 0.15) is 29.2 Å². The van der Waals surface area contributed by atoms with E-state index in [-0.39, 0.29) is 13.0 Å². The first-order valence-electron chi connectivity index (χ1n) is 12.4. The van der Waals surface area contributed by atoms with Gasteiger partial charge in [-0.1, -0.05) is 121 Å². The van der Waals surface area contributed by atoms with E-state index in [0.29, 0.717) is 11.1 Å². The summed E-state index contributed by atoms with van der Waals surface area (Å²) < 4.78 is 18.5. The van der Waals surface area contributed by atoms with E-state index in [1.807, 2.05) is 121 Å². The fraction of sp³-hybridized carbons (Fsp3) is 0.200. The molecule has 0 saturated carbocycles. The molecule has 204 valence electrons. The first kappa shape index (κ1) is 29.4. The number of rotatable bonds is 13. The van der Waals surface area contributed by atoms with Crippen molar-refractivity contribution in [1.29, 1.82) is 0 Å². The van der Waals surface area contributed by atoms with Crippen molar-refractivity contribution in [2.45, 2.75) is 30.7 Å². The lowest BCUT2D eigenvalue weighted by atomic mass is 9.66. The molecule has 4 rings (SSSR count). The second-order valence-corrected chi connectivity index (χ2v) is 10.5. The zero-order valence-corrected chi connectivity index (χ0v) is 23.2. The van der Waals surface area contributed by atoms with Gasteiger partial charge < -0.3 is 28.8 Å². The summed E-state index contributed by atoms with van der Waals surface area (Å²) in [5.41, 5.74) is -0.0265. The second-order valence-electron chi connectivity index (χ2n) is 9.09. The minimum absolute atomic E-state index is 0.0543. The molecule has 9 heteroatoms. The van der Waals surface area contributed by atoms with Crippen LogP contribution in [0, 0.1) is 0 Å². The highest BCUT2D eigenvalue weighted by molar-refractivity contribution is 7.39. The SMILES string of the molecule is CC(COC(Cc1ccccc1)(c1ccccc1)C(OP(O)O)(c1ccccc1)c1ccccc1)OP(O)O. The molecule has 4 N–H and O–H groups in total. The molecule has 0 aliphatic carbocycles. The largest absolute Gasteiger partial charge is 0.363 e. The van der Waals surface area contributed by atoms with Crippen molar-refractivity contribution in [2.75, 3.05) is 6.61 Å². The maximum atomic E-state index is 10.5. The summed E-state index contributed by atoms with van der Waals surface area (Å²) in [6, 6.07) is 37.9. The minimum atomic E-state index is -2.89. The lowest BCUT2D eigenvalue weighted by Gasteiger charge is -2.51. The predicted molar refractivity (Wildman–Crippen MR) is 152 cm³/mol. The molecule has 0 radical (unpaired) electrons. The quantitative estimate of drug-likeness (QED) is 0.149. The summed E-state index contributed by atoms with van der Waals surface area (Å²) in [6.45, 7) is 1.62. The molecule has 0 spiro atoms. The van der Waals surface area contributed by atoms with Crippen LogP contribution >= 0.6 is 17.2 Å². The molecule has 2 atom stereocenters.